The topological polar surface area (TPSA) is 111 Å². The number of esters is 1. The third-order valence-electron chi connectivity index (χ3n) is 4.88. The molecule has 10 heteroatoms. The highest BCUT2D eigenvalue weighted by Gasteiger charge is 2.28. The van der Waals surface area contributed by atoms with E-state index in [1.165, 1.54) is 57.7 Å². The van der Waals surface area contributed by atoms with Gasteiger partial charge in [-0.3, -0.25) is 9.10 Å². The molecule has 0 saturated carbocycles. The number of para-hydroxylation sites is 1. The number of benzene rings is 3. The summed E-state index contributed by atoms with van der Waals surface area (Å²) in [7, 11) is -0.0191. The standard InChI is InChI=1S/C24H24N2O7S/c1-31-21-14-13-17(15-22(21)32-2)26(34(29,30)18-9-5-4-6-10-18)16-23(27)25-20-12-8-7-11-19(20)24(28)33-3/h4-15H,16H2,1-3H3,(H,25,27). The minimum atomic E-state index is -4.13. The van der Waals surface area contributed by atoms with E-state index in [1.54, 1.807) is 36.4 Å². The Morgan fingerprint density at radius 2 is 1.50 bits per heavy atom. The van der Waals surface area contributed by atoms with Gasteiger partial charge in [0.05, 0.1) is 43.2 Å². The largest absolute Gasteiger partial charge is 0.493 e. The van der Waals surface area contributed by atoms with Crippen molar-refractivity contribution >= 4 is 33.3 Å². The smallest absolute Gasteiger partial charge is 0.339 e. The predicted octanol–water partition coefficient (Wildman–Crippen LogP) is 3.32. The second-order valence-electron chi connectivity index (χ2n) is 6.95. The van der Waals surface area contributed by atoms with Crippen molar-refractivity contribution in [2.24, 2.45) is 0 Å². The quantitative estimate of drug-likeness (QED) is 0.464. The third kappa shape index (κ3) is 5.29. The van der Waals surface area contributed by atoms with E-state index in [2.05, 4.69) is 5.32 Å². The Labute approximate surface area is 197 Å². The van der Waals surface area contributed by atoms with Gasteiger partial charge in [0.2, 0.25) is 5.91 Å². The van der Waals surface area contributed by atoms with Gasteiger partial charge in [-0.25, -0.2) is 13.2 Å². The maximum Gasteiger partial charge on any atom is 0.339 e. The van der Waals surface area contributed by atoms with Gasteiger partial charge in [-0.05, 0) is 36.4 Å². The lowest BCUT2D eigenvalue weighted by Crippen LogP contribution is -2.38. The van der Waals surface area contributed by atoms with Crippen LogP contribution in [0.25, 0.3) is 0 Å². The molecule has 0 aromatic heterocycles. The SMILES string of the molecule is COC(=O)c1ccccc1NC(=O)CN(c1ccc(OC)c(OC)c1)S(=O)(=O)c1ccccc1. The zero-order chi connectivity index (χ0) is 24.7. The lowest BCUT2D eigenvalue weighted by atomic mass is 10.2. The zero-order valence-corrected chi connectivity index (χ0v) is 19.7. The van der Waals surface area contributed by atoms with Crippen molar-refractivity contribution in [2.75, 3.05) is 37.5 Å². The van der Waals surface area contributed by atoms with E-state index in [0.29, 0.717) is 11.5 Å². The number of carbonyl (C=O) groups is 2. The maximum absolute atomic E-state index is 13.5. The van der Waals surface area contributed by atoms with Crippen LogP contribution >= 0.6 is 0 Å². The Kier molecular flexibility index (Phi) is 7.75. The summed E-state index contributed by atoms with van der Waals surface area (Å²) < 4.78 is 43.2. The summed E-state index contributed by atoms with van der Waals surface area (Å²) >= 11 is 0. The van der Waals surface area contributed by atoms with Gasteiger partial charge >= 0.3 is 5.97 Å². The number of methoxy groups -OCH3 is 3. The highest BCUT2D eigenvalue weighted by Crippen LogP contribution is 2.33. The van der Waals surface area contributed by atoms with E-state index in [4.69, 9.17) is 14.2 Å². The molecule has 34 heavy (non-hydrogen) atoms. The van der Waals surface area contributed by atoms with E-state index < -0.39 is 28.4 Å². The summed E-state index contributed by atoms with van der Waals surface area (Å²) in [5.41, 5.74) is 0.531. The van der Waals surface area contributed by atoms with Crippen molar-refractivity contribution in [3.63, 3.8) is 0 Å². The molecule has 0 spiro atoms. The van der Waals surface area contributed by atoms with Crippen LogP contribution in [0.3, 0.4) is 0 Å². The van der Waals surface area contributed by atoms with E-state index in [0.717, 1.165) is 4.31 Å². The molecule has 0 aliphatic heterocycles. The molecule has 1 amide bonds. The molecule has 0 bridgehead atoms. The molecule has 0 fully saturated rings. The van der Waals surface area contributed by atoms with Crippen molar-refractivity contribution < 1.29 is 32.2 Å². The number of hydrogen-bond donors (Lipinski definition) is 1. The molecule has 178 valence electrons. The van der Waals surface area contributed by atoms with E-state index in [-0.39, 0.29) is 21.8 Å². The Morgan fingerprint density at radius 3 is 2.15 bits per heavy atom. The first-order valence-corrected chi connectivity index (χ1v) is 11.5. The number of amides is 1. The molecular weight excluding hydrogens is 460 g/mol. The lowest BCUT2D eigenvalue weighted by Gasteiger charge is -2.25. The normalized spacial score (nSPS) is 10.8. The molecule has 1 N–H and O–H groups in total. The fourth-order valence-corrected chi connectivity index (χ4v) is 4.65. The van der Waals surface area contributed by atoms with Crippen molar-refractivity contribution in [1.29, 1.82) is 0 Å². The molecule has 0 unspecified atom stereocenters. The maximum atomic E-state index is 13.5. The van der Waals surface area contributed by atoms with Crippen LogP contribution < -0.4 is 19.1 Å². The molecule has 3 aromatic rings. The highest BCUT2D eigenvalue weighted by molar-refractivity contribution is 7.92. The van der Waals surface area contributed by atoms with E-state index in [9.17, 15) is 18.0 Å². The first-order chi connectivity index (χ1) is 16.3. The van der Waals surface area contributed by atoms with Gasteiger partial charge in [-0.2, -0.15) is 0 Å². The summed E-state index contributed by atoms with van der Waals surface area (Å²) in [4.78, 5) is 25.0. The molecule has 9 nitrogen and oxygen atoms in total. The molecule has 0 radical (unpaired) electrons. The Balaban J connectivity index is 2.00. The summed E-state index contributed by atoms with van der Waals surface area (Å²) in [5, 5.41) is 2.60. The van der Waals surface area contributed by atoms with Gasteiger partial charge in [0.1, 0.15) is 6.54 Å². The predicted molar refractivity (Wildman–Crippen MR) is 127 cm³/mol. The average Bonchev–Trinajstić information content (AvgIpc) is 2.87. The van der Waals surface area contributed by atoms with Crippen LogP contribution in [0.2, 0.25) is 0 Å². The highest BCUT2D eigenvalue weighted by atomic mass is 32.2. The van der Waals surface area contributed by atoms with Crippen LogP contribution in [-0.4, -0.2) is 48.2 Å². The van der Waals surface area contributed by atoms with Crippen molar-refractivity contribution in [3.8, 4) is 11.5 Å². The number of rotatable bonds is 9. The monoisotopic (exact) mass is 484 g/mol. The Morgan fingerprint density at radius 1 is 0.853 bits per heavy atom. The first-order valence-electron chi connectivity index (χ1n) is 10.1. The van der Waals surface area contributed by atoms with Crippen molar-refractivity contribution in [3.05, 3.63) is 78.4 Å². The second-order valence-corrected chi connectivity index (χ2v) is 8.81. The minimum Gasteiger partial charge on any atom is -0.493 e. The van der Waals surface area contributed by atoms with Crippen LogP contribution in [0, 0.1) is 0 Å². The Hall–Kier alpha value is -4.05. The average molecular weight is 485 g/mol. The van der Waals surface area contributed by atoms with Crippen LogP contribution in [0.15, 0.2) is 77.7 Å². The van der Waals surface area contributed by atoms with E-state index >= 15 is 0 Å². The summed E-state index contributed by atoms with van der Waals surface area (Å²) in [5.74, 6) is -0.598. The molecular formula is C24H24N2O7S. The van der Waals surface area contributed by atoms with Crippen LogP contribution in [0.1, 0.15) is 10.4 Å². The van der Waals surface area contributed by atoms with Crippen molar-refractivity contribution in [1.82, 2.24) is 0 Å². The molecule has 0 atom stereocenters. The fourth-order valence-electron chi connectivity index (χ4n) is 3.22. The summed E-state index contributed by atoms with van der Waals surface area (Å²) in [6.45, 7) is -0.567. The number of anilines is 2. The van der Waals surface area contributed by atoms with Crippen LogP contribution in [-0.2, 0) is 19.6 Å². The fraction of sp³-hybridized carbons (Fsp3) is 0.167. The Bertz CT molecular complexity index is 1280. The number of sulfonamides is 1. The number of carbonyl (C=O) groups excluding carboxylic acids is 2. The summed E-state index contributed by atoms with van der Waals surface area (Å²) in [6, 6.07) is 18.5. The summed E-state index contributed by atoms with van der Waals surface area (Å²) in [6.07, 6.45) is 0. The van der Waals surface area contributed by atoms with Crippen LogP contribution in [0.4, 0.5) is 11.4 Å². The molecule has 0 aliphatic carbocycles. The number of hydrogen-bond acceptors (Lipinski definition) is 7. The third-order valence-corrected chi connectivity index (χ3v) is 6.67. The molecule has 0 saturated heterocycles. The molecule has 3 aromatic carbocycles. The number of nitrogens with zero attached hydrogens (tertiary/aromatic N) is 1. The van der Waals surface area contributed by atoms with Gasteiger partial charge < -0.3 is 19.5 Å². The molecule has 0 heterocycles. The minimum absolute atomic E-state index is 0.00699. The van der Waals surface area contributed by atoms with Gasteiger partial charge in [0, 0.05) is 6.07 Å². The van der Waals surface area contributed by atoms with Crippen LogP contribution in [0.5, 0.6) is 11.5 Å². The molecule has 3 rings (SSSR count). The number of ether oxygens (including phenoxy) is 3. The first kappa shape index (κ1) is 24.6. The van der Waals surface area contributed by atoms with E-state index in [1.807, 2.05) is 0 Å². The zero-order valence-electron chi connectivity index (χ0n) is 18.8. The number of nitrogens with one attached hydrogen (secondary N) is 1. The van der Waals surface area contributed by atoms with Gasteiger partial charge in [-0.1, -0.05) is 30.3 Å². The molecule has 0 aliphatic rings. The van der Waals surface area contributed by atoms with Gasteiger partial charge in [-0.15, -0.1) is 0 Å². The van der Waals surface area contributed by atoms with Gasteiger partial charge in [0.15, 0.2) is 11.5 Å². The second kappa shape index (κ2) is 10.7. The van der Waals surface area contributed by atoms with Crippen molar-refractivity contribution in [2.45, 2.75) is 4.90 Å². The van der Waals surface area contributed by atoms with Gasteiger partial charge in [0.25, 0.3) is 10.0 Å². The lowest BCUT2D eigenvalue weighted by molar-refractivity contribution is -0.114.